The van der Waals surface area contributed by atoms with Gasteiger partial charge in [0.2, 0.25) is 0 Å². The molecule has 27 heavy (non-hydrogen) atoms. The Morgan fingerprint density at radius 3 is 2.56 bits per heavy atom. The molecule has 144 valence electrons. The third kappa shape index (κ3) is 3.93. The monoisotopic (exact) mass is 369 g/mol. The molecule has 5 heteroatoms. The van der Waals surface area contributed by atoms with Crippen LogP contribution in [0.3, 0.4) is 0 Å². The number of aromatic nitrogens is 1. The molecule has 0 spiro atoms. The number of nitrogens with zero attached hydrogens (tertiary/aromatic N) is 1. The summed E-state index contributed by atoms with van der Waals surface area (Å²) in [5.74, 6) is 0.501. The average molecular weight is 369 g/mol. The summed E-state index contributed by atoms with van der Waals surface area (Å²) in [6.07, 6.45) is 4.57. The van der Waals surface area contributed by atoms with E-state index in [-0.39, 0.29) is 19.0 Å². The Morgan fingerprint density at radius 2 is 1.81 bits per heavy atom. The van der Waals surface area contributed by atoms with E-state index < -0.39 is 0 Å². The number of piperidine rings is 1. The molecule has 4 nitrogen and oxygen atoms in total. The molecule has 0 atom stereocenters. The number of likely N-dealkylation sites (tertiary alicyclic amines) is 1. The third-order valence-electron chi connectivity index (χ3n) is 5.31. The molecule has 0 amide bonds. The summed E-state index contributed by atoms with van der Waals surface area (Å²) in [6.45, 7) is 2.31. The first-order valence-corrected chi connectivity index (χ1v) is 9.04. The highest BCUT2D eigenvalue weighted by molar-refractivity contribution is 5.87. The number of ether oxygens (including phenoxy) is 1. The summed E-state index contributed by atoms with van der Waals surface area (Å²) in [5.41, 5.74) is 4.30. The lowest BCUT2D eigenvalue weighted by Crippen LogP contribution is -2.29. The van der Waals surface area contributed by atoms with Crippen LogP contribution in [0.1, 0.15) is 31.7 Å². The maximum atomic E-state index is 13.6. The highest BCUT2D eigenvalue weighted by atomic mass is 19.1. The number of benzene rings is 2. The molecular formula is C22H28FN3O. The van der Waals surface area contributed by atoms with Gasteiger partial charge < -0.3 is 19.9 Å². The first kappa shape index (κ1) is 19.2. The zero-order chi connectivity index (χ0) is 18.1. The van der Waals surface area contributed by atoms with E-state index >= 15 is 0 Å². The topological polar surface area (TPSA) is 40.3 Å². The Bertz CT molecular complexity index is 913. The minimum Gasteiger partial charge on any atom is -0.494 e. The van der Waals surface area contributed by atoms with Gasteiger partial charge in [-0.1, -0.05) is 13.5 Å². The number of fused-ring (bicyclic) bond motifs is 1. The lowest BCUT2D eigenvalue weighted by Gasteiger charge is -2.28. The lowest BCUT2D eigenvalue weighted by atomic mass is 9.89. The van der Waals surface area contributed by atoms with E-state index in [0.29, 0.717) is 5.92 Å². The molecular weight excluding hydrogens is 341 g/mol. The van der Waals surface area contributed by atoms with Gasteiger partial charge >= 0.3 is 0 Å². The number of rotatable bonds is 4. The van der Waals surface area contributed by atoms with E-state index in [1.54, 1.807) is 12.1 Å². The van der Waals surface area contributed by atoms with Crippen molar-refractivity contribution in [3.63, 3.8) is 0 Å². The van der Waals surface area contributed by atoms with Crippen LogP contribution in [0, 0.1) is 5.82 Å². The smallest absolute Gasteiger partial charge is 0.165 e. The number of methoxy groups -OCH3 is 1. The largest absolute Gasteiger partial charge is 0.494 e. The van der Waals surface area contributed by atoms with Crippen LogP contribution in [0.5, 0.6) is 5.75 Å². The van der Waals surface area contributed by atoms with Crippen molar-refractivity contribution in [2.24, 2.45) is 0 Å². The zero-order valence-electron chi connectivity index (χ0n) is 15.2. The van der Waals surface area contributed by atoms with Gasteiger partial charge in [0.25, 0.3) is 0 Å². The van der Waals surface area contributed by atoms with Crippen molar-refractivity contribution in [1.29, 1.82) is 0 Å². The highest BCUT2D eigenvalue weighted by Gasteiger charge is 2.21. The van der Waals surface area contributed by atoms with Crippen LogP contribution < -0.4 is 10.1 Å². The van der Waals surface area contributed by atoms with Crippen molar-refractivity contribution in [3.8, 4) is 5.75 Å². The summed E-state index contributed by atoms with van der Waals surface area (Å²) >= 11 is 0. The second kappa shape index (κ2) is 8.01. The van der Waals surface area contributed by atoms with Crippen molar-refractivity contribution < 1.29 is 9.13 Å². The Hall–Kier alpha value is -2.53. The van der Waals surface area contributed by atoms with Crippen LogP contribution in [0.15, 0.2) is 42.6 Å². The number of nitrogens with one attached hydrogen (secondary N) is 2. The van der Waals surface area contributed by atoms with Crippen LogP contribution >= 0.6 is 0 Å². The molecule has 2 aromatic carbocycles. The molecule has 1 aliphatic heterocycles. The van der Waals surface area contributed by atoms with Gasteiger partial charge in [0.15, 0.2) is 11.6 Å². The molecule has 0 radical (unpaired) electrons. The van der Waals surface area contributed by atoms with Crippen LogP contribution in [-0.4, -0.2) is 37.1 Å². The molecule has 2 heterocycles. The minimum absolute atomic E-state index is 0. The Kier molecular flexibility index (Phi) is 5.71. The zero-order valence-corrected chi connectivity index (χ0v) is 15.2. The molecule has 0 bridgehead atoms. The molecule has 2 N–H and O–H groups in total. The van der Waals surface area contributed by atoms with Crippen LogP contribution in [0.2, 0.25) is 0 Å². The maximum Gasteiger partial charge on any atom is 0.165 e. The summed E-state index contributed by atoms with van der Waals surface area (Å²) in [5, 5.41) is 4.61. The first-order valence-electron chi connectivity index (χ1n) is 9.04. The molecule has 1 aliphatic rings. The quantitative estimate of drug-likeness (QED) is 0.637. The summed E-state index contributed by atoms with van der Waals surface area (Å²) in [7, 11) is 3.66. The summed E-state index contributed by atoms with van der Waals surface area (Å²) < 4.78 is 18.6. The number of halogens is 1. The van der Waals surface area contributed by atoms with Gasteiger partial charge in [-0.25, -0.2) is 4.39 Å². The third-order valence-corrected chi connectivity index (χ3v) is 5.31. The second-order valence-electron chi connectivity index (χ2n) is 7.06. The fourth-order valence-electron chi connectivity index (χ4n) is 3.79. The van der Waals surface area contributed by atoms with Gasteiger partial charge in [-0.05, 0) is 68.7 Å². The SMILES string of the molecule is C.COc1cc(Nc2ccc3c(C4CCN(C)CC4)c[nH]c3c2)ccc1F. The van der Waals surface area contributed by atoms with Crippen LogP contribution in [0.25, 0.3) is 10.9 Å². The van der Waals surface area contributed by atoms with Crippen LogP contribution in [-0.2, 0) is 0 Å². The number of anilines is 2. The van der Waals surface area contributed by atoms with E-state index in [0.717, 1.165) is 30.0 Å². The number of hydrogen-bond acceptors (Lipinski definition) is 3. The Balaban J connectivity index is 0.00000210. The second-order valence-corrected chi connectivity index (χ2v) is 7.06. The summed E-state index contributed by atoms with van der Waals surface area (Å²) in [4.78, 5) is 5.81. The normalized spacial score (nSPS) is 15.5. The van der Waals surface area contributed by atoms with E-state index in [1.807, 2.05) is 0 Å². The van der Waals surface area contributed by atoms with Crippen molar-refractivity contribution in [2.45, 2.75) is 26.2 Å². The molecule has 0 unspecified atom stereocenters. The van der Waals surface area contributed by atoms with Gasteiger partial charge in [0.05, 0.1) is 7.11 Å². The maximum absolute atomic E-state index is 13.6. The molecule has 1 aromatic heterocycles. The number of H-pyrrole nitrogens is 1. The van der Waals surface area contributed by atoms with E-state index in [9.17, 15) is 4.39 Å². The van der Waals surface area contributed by atoms with Crippen LogP contribution in [0.4, 0.5) is 15.8 Å². The Labute approximate surface area is 160 Å². The number of aromatic amines is 1. The van der Waals surface area contributed by atoms with Crippen molar-refractivity contribution in [3.05, 3.63) is 54.0 Å². The van der Waals surface area contributed by atoms with Crippen molar-refractivity contribution in [1.82, 2.24) is 9.88 Å². The predicted molar refractivity (Wildman–Crippen MR) is 111 cm³/mol. The van der Waals surface area contributed by atoms with Gasteiger partial charge in [0.1, 0.15) is 0 Å². The standard InChI is InChI=1S/C21H24FN3O.CH4/c1-25-9-7-14(8-10-25)18-13-23-20-11-15(3-5-17(18)20)24-16-4-6-19(22)21(12-16)26-2;/h3-6,11-14,23-24H,7-10H2,1-2H3;1H4. The molecule has 0 aliphatic carbocycles. The molecule has 1 fully saturated rings. The molecule has 0 saturated carbocycles. The van der Waals surface area contributed by atoms with E-state index in [4.69, 9.17) is 4.74 Å². The predicted octanol–water partition coefficient (Wildman–Crippen LogP) is 5.50. The Morgan fingerprint density at radius 1 is 1.11 bits per heavy atom. The molecule has 4 rings (SSSR count). The summed E-state index contributed by atoms with van der Waals surface area (Å²) in [6, 6.07) is 11.1. The first-order chi connectivity index (χ1) is 12.6. The fraction of sp³-hybridized carbons (Fsp3) is 0.364. The van der Waals surface area contributed by atoms with Gasteiger partial charge in [0, 0.05) is 34.5 Å². The number of hydrogen-bond donors (Lipinski definition) is 2. The van der Waals surface area contributed by atoms with Gasteiger partial charge in [-0.2, -0.15) is 0 Å². The average Bonchev–Trinajstić information content (AvgIpc) is 3.07. The van der Waals surface area contributed by atoms with Gasteiger partial charge in [-0.3, -0.25) is 0 Å². The fourth-order valence-corrected chi connectivity index (χ4v) is 3.79. The molecule has 1 saturated heterocycles. The van der Waals surface area contributed by atoms with E-state index in [2.05, 4.69) is 46.6 Å². The van der Waals surface area contributed by atoms with Crippen molar-refractivity contribution in [2.75, 3.05) is 32.6 Å². The molecule has 3 aromatic rings. The van der Waals surface area contributed by atoms with E-state index in [1.165, 1.54) is 37.0 Å². The van der Waals surface area contributed by atoms with Gasteiger partial charge in [-0.15, -0.1) is 0 Å². The van der Waals surface area contributed by atoms with Crippen molar-refractivity contribution >= 4 is 22.3 Å². The minimum atomic E-state index is -0.361. The highest BCUT2D eigenvalue weighted by Crippen LogP contribution is 2.34. The lowest BCUT2D eigenvalue weighted by molar-refractivity contribution is 0.256.